The fourth-order valence-electron chi connectivity index (χ4n) is 9.00. The van der Waals surface area contributed by atoms with Crippen LogP contribution in [0.25, 0.3) is 10.7 Å². The molecule has 3 saturated heterocycles. The maximum absolute atomic E-state index is 14.3. The monoisotopic (exact) mass is 832 g/mol. The molecule has 5 rings (SSSR count). The number of aldehydes is 1. The van der Waals surface area contributed by atoms with E-state index in [9.17, 15) is 24.3 Å². The molecule has 0 bridgehead atoms. The van der Waals surface area contributed by atoms with Gasteiger partial charge in [-0.3, -0.25) is 19.2 Å². The molecule has 0 aromatic carbocycles. The van der Waals surface area contributed by atoms with Crippen molar-refractivity contribution in [3.63, 3.8) is 0 Å². The standard InChI is InChI=1S/C40H64N8O9S/c1-10-30-40(7)35(48(39(53)57-40)15-12-11-14-47-21-28(44-45-47)36-43-20-31(41)58-36)26(6)42-19-22(2)17-27(13-16-49)34(24(4)32(50)25(5)37(52)55-30)56-38-33(51)29(46(8)9)18-23(3)54-38/h16,20-27,29-30,33-35,38,42,51H,10-15,17-19,41H2,1-9H3/t22-,23?,24+,25-,26-,27+,29?,30-,33?,34-,35-,38+,40-/m1/s1. The summed E-state index contributed by atoms with van der Waals surface area (Å²) in [6.45, 7) is 14.3. The zero-order chi connectivity index (χ0) is 42.5. The minimum Gasteiger partial charge on any atom is -0.458 e. The summed E-state index contributed by atoms with van der Waals surface area (Å²) >= 11 is 1.34. The van der Waals surface area contributed by atoms with E-state index in [1.165, 1.54) is 18.3 Å². The predicted molar refractivity (Wildman–Crippen MR) is 216 cm³/mol. The Kier molecular flexibility index (Phi) is 15.4. The molecule has 3 unspecified atom stereocenters. The maximum atomic E-state index is 14.3. The number of hydrogen-bond donors (Lipinski definition) is 3. The first-order chi connectivity index (χ1) is 27.5. The molecular weight excluding hydrogens is 769 g/mol. The van der Waals surface area contributed by atoms with Crippen molar-refractivity contribution in [2.24, 2.45) is 23.7 Å². The number of unbranched alkanes of at least 4 members (excludes halogenated alkanes) is 1. The van der Waals surface area contributed by atoms with Gasteiger partial charge in [0, 0.05) is 37.5 Å². The lowest BCUT2D eigenvalue weighted by Crippen LogP contribution is -2.60. The van der Waals surface area contributed by atoms with Crippen molar-refractivity contribution in [3.05, 3.63) is 12.4 Å². The van der Waals surface area contributed by atoms with Crippen LogP contribution in [0.5, 0.6) is 0 Å². The molecule has 3 fully saturated rings. The van der Waals surface area contributed by atoms with E-state index in [4.69, 9.17) is 24.7 Å². The number of nitrogens with zero attached hydrogens (tertiary/aromatic N) is 6. The van der Waals surface area contributed by atoms with E-state index in [0.717, 1.165) is 6.29 Å². The number of esters is 1. The van der Waals surface area contributed by atoms with Crippen LogP contribution in [0, 0.1) is 23.7 Å². The molecule has 0 radical (unpaired) electrons. The van der Waals surface area contributed by atoms with Gasteiger partial charge >= 0.3 is 12.1 Å². The van der Waals surface area contributed by atoms with Crippen molar-refractivity contribution in [3.8, 4) is 10.7 Å². The molecule has 0 aliphatic carbocycles. The number of carbonyl (C=O) groups is 4. The SMILES string of the molecule is CC[C@H]1OC(=O)[C@H](C)C(=O)[C@H](C)[C@@H](O[C@@H]2OC(C)CC(N(C)C)C2O)[C@@H](CC=O)C[C@@H](C)CN[C@H](C)[C@H]2N(CCCCn3cc(-c4ncc(N)s4)nn3)C(=O)O[C@]12C. The number of ketones is 1. The van der Waals surface area contributed by atoms with Crippen LogP contribution < -0.4 is 11.1 Å². The number of aromatic nitrogens is 4. The van der Waals surface area contributed by atoms with E-state index < -0.39 is 71.8 Å². The van der Waals surface area contributed by atoms with Crippen LogP contribution in [0.2, 0.25) is 0 Å². The molecule has 324 valence electrons. The normalized spacial score (nSPS) is 35.6. The van der Waals surface area contributed by atoms with Crippen molar-refractivity contribution in [2.45, 2.75) is 148 Å². The largest absolute Gasteiger partial charge is 0.458 e. The number of anilines is 1. The quantitative estimate of drug-likeness (QED) is 0.121. The van der Waals surface area contributed by atoms with Crippen molar-refractivity contribution in [2.75, 3.05) is 32.9 Å². The van der Waals surface area contributed by atoms with Crippen LogP contribution in [-0.2, 0) is 39.9 Å². The number of nitrogens with one attached hydrogen (secondary N) is 1. The number of cyclic esters (lactones) is 1. The number of aliphatic hydroxyl groups excluding tert-OH is 1. The van der Waals surface area contributed by atoms with Gasteiger partial charge in [-0.1, -0.05) is 37.3 Å². The number of nitrogen functional groups attached to an aromatic ring is 1. The van der Waals surface area contributed by atoms with Gasteiger partial charge in [-0.05, 0) is 92.3 Å². The molecule has 0 spiro atoms. The van der Waals surface area contributed by atoms with E-state index in [-0.39, 0.29) is 30.5 Å². The second kappa shape index (κ2) is 19.7. The van der Waals surface area contributed by atoms with Gasteiger partial charge in [0.2, 0.25) is 0 Å². The highest BCUT2D eigenvalue weighted by molar-refractivity contribution is 7.18. The molecule has 3 aliphatic heterocycles. The highest BCUT2D eigenvalue weighted by Crippen LogP contribution is 2.39. The lowest BCUT2D eigenvalue weighted by molar-refractivity contribution is -0.278. The van der Waals surface area contributed by atoms with E-state index in [1.54, 1.807) is 29.6 Å². The number of likely N-dealkylation sites (N-methyl/N-ethyl adjacent to an activating group) is 1. The number of amides is 1. The second-order valence-electron chi connectivity index (χ2n) is 17.0. The van der Waals surface area contributed by atoms with E-state index in [0.29, 0.717) is 67.4 Å². The highest BCUT2D eigenvalue weighted by Gasteiger charge is 2.58. The molecule has 4 N–H and O–H groups in total. The average Bonchev–Trinajstić information content (AvgIpc) is 3.90. The van der Waals surface area contributed by atoms with Gasteiger partial charge in [0.05, 0.1) is 30.6 Å². The third-order valence-electron chi connectivity index (χ3n) is 12.2. The number of thiazole rings is 1. The minimum atomic E-state index is -1.25. The lowest BCUT2D eigenvalue weighted by atomic mass is 9.79. The number of ether oxygens (including phenoxy) is 4. The first kappa shape index (κ1) is 45.5. The Bertz CT molecular complexity index is 1710. The number of aliphatic hydroxyl groups is 1. The van der Waals surface area contributed by atoms with Crippen molar-refractivity contribution >= 4 is 40.5 Å². The van der Waals surface area contributed by atoms with E-state index in [1.807, 2.05) is 46.0 Å². The highest BCUT2D eigenvalue weighted by atomic mass is 32.1. The van der Waals surface area contributed by atoms with Crippen molar-refractivity contribution in [1.82, 2.24) is 35.1 Å². The Morgan fingerprint density at radius 2 is 1.86 bits per heavy atom. The molecule has 17 nitrogen and oxygen atoms in total. The number of aryl methyl sites for hydroxylation is 1. The summed E-state index contributed by atoms with van der Waals surface area (Å²) in [5.41, 5.74) is 5.22. The summed E-state index contributed by atoms with van der Waals surface area (Å²) in [5, 5.41) is 24.8. The topological polar surface area (TPSA) is 214 Å². The molecule has 18 heteroatoms. The number of rotatable bonds is 12. The van der Waals surface area contributed by atoms with Crippen LogP contribution in [0.4, 0.5) is 9.80 Å². The summed E-state index contributed by atoms with van der Waals surface area (Å²) in [5.74, 6) is -3.67. The van der Waals surface area contributed by atoms with Gasteiger partial charge in [0.15, 0.2) is 17.7 Å². The Hall–Kier alpha value is -3.55. The van der Waals surface area contributed by atoms with Gasteiger partial charge in [-0.2, -0.15) is 0 Å². The van der Waals surface area contributed by atoms with E-state index >= 15 is 0 Å². The van der Waals surface area contributed by atoms with Crippen LogP contribution in [0.15, 0.2) is 12.4 Å². The summed E-state index contributed by atoms with van der Waals surface area (Å²) in [4.78, 5) is 62.1. The molecule has 3 aliphatic rings. The molecule has 1 amide bonds. The smallest absolute Gasteiger partial charge is 0.410 e. The Labute approximate surface area is 345 Å². The summed E-state index contributed by atoms with van der Waals surface area (Å²) in [6, 6.07) is -1.10. The predicted octanol–water partition coefficient (Wildman–Crippen LogP) is 3.54. The second-order valence-corrected chi connectivity index (χ2v) is 18.0. The van der Waals surface area contributed by atoms with Crippen LogP contribution in [-0.4, -0.2) is 141 Å². The van der Waals surface area contributed by atoms with Crippen molar-refractivity contribution < 1.29 is 43.2 Å². The molecule has 5 heterocycles. The molecule has 2 aromatic rings. The van der Waals surface area contributed by atoms with Gasteiger partial charge in [-0.25, -0.2) is 9.78 Å². The Morgan fingerprint density at radius 1 is 1.14 bits per heavy atom. The van der Waals surface area contributed by atoms with Gasteiger partial charge in [0.25, 0.3) is 0 Å². The van der Waals surface area contributed by atoms with Crippen LogP contribution in [0.3, 0.4) is 0 Å². The fourth-order valence-corrected chi connectivity index (χ4v) is 9.64. The number of carbonyl (C=O) groups excluding carboxylic acids is 4. The van der Waals surface area contributed by atoms with Gasteiger partial charge in [-0.15, -0.1) is 5.10 Å². The third kappa shape index (κ3) is 10.2. The van der Waals surface area contributed by atoms with Crippen LogP contribution >= 0.6 is 11.3 Å². The number of Topliss-reactive ketones (excluding diaryl/α,β-unsaturated/α-hetero) is 1. The lowest BCUT2D eigenvalue weighted by Gasteiger charge is -2.44. The molecule has 13 atom stereocenters. The van der Waals surface area contributed by atoms with Crippen molar-refractivity contribution in [1.29, 1.82) is 0 Å². The molecule has 58 heavy (non-hydrogen) atoms. The summed E-state index contributed by atoms with van der Waals surface area (Å²) < 4.78 is 26.8. The maximum Gasteiger partial charge on any atom is 0.410 e. The molecule has 0 saturated carbocycles. The molecule has 2 aromatic heterocycles. The third-order valence-corrected chi connectivity index (χ3v) is 13.0. The zero-order valence-corrected chi connectivity index (χ0v) is 36.2. The van der Waals surface area contributed by atoms with E-state index in [2.05, 4.69) is 27.5 Å². The summed E-state index contributed by atoms with van der Waals surface area (Å²) in [7, 11) is 3.77. The minimum absolute atomic E-state index is 0.0139. The average molecular weight is 833 g/mol. The first-order valence-corrected chi connectivity index (χ1v) is 21.5. The Balaban J connectivity index is 1.37. The van der Waals surface area contributed by atoms with Gasteiger partial charge in [0.1, 0.15) is 40.1 Å². The van der Waals surface area contributed by atoms with Crippen LogP contribution in [0.1, 0.15) is 87.0 Å². The molecular formula is C40H64N8O9S. The Morgan fingerprint density at radius 3 is 2.52 bits per heavy atom. The fraction of sp³-hybridized carbons (Fsp3) is 0.775. The summed E-state index contributed by atoms with van der Waals surface area (Å²) in [6.07, 6.45) is 2.56. The van der Waals surface area contributed by atoms with Gasteiger partial charge < -0.3 is 44.8 Å². The number of fused-ring (bicyclic) bond motifs is 1. The first-order valence-electron chi connectivity index (χ1n) is 20.7. The number of hydrogen-bond acceptors (Lipinski definition) is 16. The zero-order valence-electron chi connectivity index (χ0n) is 35.4. The number of nitrogens with two attached hydrogens (primary N) is 1.